The molecule has 0 N–H and O–H groups in total. The van der Waals surface area contributed by atoms with E-state index in [0.717, 1.165) is 52.1 Å². The topological polar surface area (TPSA) is 89.8 Å². The molecule has 0 spiro atoms. The van der Waals surface area contributed by atoms with Gasteiger partial charge in [-0.1, -0.05) is 5.16 Å². The lowest BCUT2D eigenvalue weighted by Crippen LogP contribution is -2.35. The molecule has 0 radical (unpaired) electrons. The first-order valence-electron chi connectivity index (χ1n) is 10.2. The van der Waals surface area contributed by atoms with Crippen LogP contribution in [-0.2, 0) is 11.2 Å². The Morgan fingerprint density at radius 3 is 2.87 bits per heavy atom. The van der Waals surface area contributed by atoms with Crippen molar-refractivity contribution in [1.82, 2.24) is 19.7 Å². The van der Waals surface area contributed by atoms with E-state index < -0.39 is 0 Å². The SMILES string of the molecule is Cc1cc(Cc2nc3cnc4ccc(C#N)cc4c3n2C2CCOC(C)(C)C2)no1. The van der Waals surface area contributed by atoms with Gasteiger partial charge in [0.25, 0.3) is 0 Å². The van der Waals surface area contributed by atoms with Crippen molar-refractivity contribution < 1.29 is 9.26 Å². The van der Waals surface area contributed by atoms with E-state index in [0.29, 0.717) is 18.6 Å². The van der Waals surface area contributed by atoms with Crippen LogP contribution in [-0.4, -0.2) is 31.9 Å². The van der Waals surface area contributed by atoms with Crippen LogP contribution in [0.3, 0.4) is 0 Å². The normalized spacial score (nSPS) is 18.7. The van der Waals surface area contributed by atoms with E-state index in [1.807, 2.05) is 31.3 Å². The highest BCUT2D eigenvalue weighted by Crippen LogP contribution is 2.37. The predicted octanol–water partition coefficient (Wildman–Crippen LogP) is 4.47. The number of aryl methyl sites for hydroxylation is 1. The maximum atomic E-state index is 9.43. The molecule has 7 heteroatoms. The summed E-state index contributed by atoms with van der Waals surface area (Å²) >= 11 is 0. The van der Waals surface area contributed by atoms with Gasteiger partial charge in [-0.2, -0.15) is 5.26 Å². The standard InChI is InChI=1S/C23H23N5O2/c1-14-8-16(27-30-14)10-21-26-20-13-25-19-5-4-15(12-24)9-18(19)22(20)28(21)17-6-7-29-23(2,3)11-17/h4-5,8-9,13,17H,6-7,10-11H2,1-3H3. The highest BCUT2D eigenvalue weighted by Gasteiger charge is 2.32. The fourth-order valence-corrected chi connectivity index (χ4v) is 4.50. The molecular formula is C23H23N5O2. The molecule has 7 nitrogen and oxygen atoms in total. The van der Waals surface area contributed by atoms with E-state index in [9.17, 15) is 5.26 Å². The van der Waals surface area contributed by atoms with Crippen LogP contribution in [0.15, 0.2) is 35.0 Å². The van der Waals surface area contributed by atoms with Crippen LogP contribution in [0.1, 0.15) is 55.6 Å². The Balaban J connectivity index is 1.76. The van der Waals surface area contributed by atoms with Crippen molar-refractivity contribution in [1.29, 1.82) is 5.26 Å². The molecule has 1 aromatic carbocycles. The summed E-state index contributed by atoms with van der Waals surface area (Å²) in [6.07, 6.45) is 4.18. The van der Waals surface area contributed by atoms with Crippen LogP contribution in [0.5, 0.6) is 0 Å². The van der Waals surface area contributed by atoms with Gasteiger partial charge in [-0.15, -0.1) is 0 Å². The summed E-state index contributed by atoms with van der Waals surface area (Å²) in [7, 11) is 0. The molecular weight excluding hydrogens is 378 g/mol. The van der Waals surface area contributed by atoms with E-state index in [2.05, 4.69) is 34.6 Å². The summed E-state index contributed by atoms with van der Waals surface area (Å²) in [4.78, 5) is 9.52. The number of fused-ring (bicyclic) bond motifs is 3. The molecule has 152 valence electrons. The number of ether oxygens (including phenoxy) is 1. The van der Waals surface area contributed by atoms with Crippen molar-refractivity contribution >= 4 is 21.9 Å². The van der Waals surface area contributed by atoms with Gasteiger partial charge in [0.15, 0.2) is 0 Å². The Hall–Kier alpha value is -3.24. The van der Waals surface area contributed by atoms with E-state index in [4.69, 9.17) is 14.2 Å². The number of imidazole rings is 1. The van der Waals surface area contributed by atoms with Crippen molar-refractivity contribution in [2.45, 2.75) is 51.7 Å². The second kappa shape index (κ2) is 6.92. The quantitative estimate of drug-likeness (QED) is 0.503. The molecule has 1 unspecified atom stereocenters. The van der Waals surface area contributed by atoms with E-state index in [1.54, 1.807) is 6.07 Å². The molecule has 1 saturated heterocycles. The van der Waals surface area contributed by atoms with Crippen LogP contribution in [0.4, 0.5) is 0 Å². The Morgan fingerprint density at radius 2 is 2.13 bits per heavy atom. The molecule has 1 aliphatic rings. The Bertz CT molecular complexity index is 1290. The fourth-order valence-electron chi connectivity index (χ4n) is 4.50. The number of nitriles is 1. The summed E-state index contributed by atoms with van der Waals surface area (Å²) in [5.74, 6) is 1.71. The molecule has 4 aromatic rings. The number of hydrogen-bond donors (Lipinski definition) is 0. The number of nitrogens with zero attached hydrogens (tertiary/aromatic N) is 5. The first-order valence-corrected chi connectivity index (χ1v) is 10.2. The fraction of sp³-hybridized carbons (Fsp3) is 0.391. The number of rotatable bonds is 3. The van der Waals surface area contributed by atoms with Gasteiger partial charge in [-0.25, -0.2) is 4.98 Å². The predicted molar refractivity (Wildman–Crippen MR) is 112 cm³/mol. The van der Waals surface area contributed by atoms with E-state index in [-0.39, 0.29) is 11.6 Å². The van der Waals surface area contributed by atoms with Gasteiger partial charge in [-0.05, 0) is 51.8 Å². The first kappa shape index (κ1) is 18.8. The van der Waals surface area contributed by atoms with Crippen molar-refractivity contribution in [3.63, 3.8) is 0 Å². The Labute approximate surface area is 174 Å². The third kappa shape index (κ3) is 3.23. The molecule has 4 heterocycles. The van der Waals surface area contributed by atoms with Gasteiger partial charge in [0.1, 0.15) is 17.1 Å². The van der Waals surface area contributed by atoms with Crippen LogP contribution in [0, 0.1) is 18.3 Å². The Kier molecular flexibility index (Phi) is 4.33. The first-order chi connectivity index (χ1) is 14.4. The number of pyridine rings is 1. The maximum Gasteiger partial charge on any atom is 0.133 e. The van der Waals surface area contributed by atoms with E-state index >= 15 is 0 Å². The van der Waals surface area contributed by atoms with Gasteiger partial charge in [-0.3, -0.25) is 4.98 Å². The average Bonchev–Trinajstić information content (AvgIpc) is 3.29. The lowest BCUT2D eigenvalue weighted by Gasteiger charge is -2.37. The number of benzene rings is 1. The van der Waals surface area contributed by atoms with Gasteiger partial charge < -0.3 is 13.8 Å². The molecule has 3 aromatic heterocycles. The minimum atomic E-state index is -0.206. The van der Waals surface area contributed by atoms with Gasteiger partial charge in [0, 0.05) is 24.1 Å². The molecule has 5 rings (SSSR count). The minimum Gasteiger partial charge on any atom is -0.375 e. The minimum absolute atomic E-state index is 0.206. The zero-order valence-corrected chi connectivity index (χ0v) is 17.3. The van der Waals surface area contributed by atoms with Crippen LogP contribution >= 0.6 is 0 Å². The molecule has 0 saturated carbocycles. The average molecular weight is 401 g/mol. The molecule has 1 aliphatic heterocycles. The monoisotopic (exact) mass is 401 g/mol. The molecule has 0 bridgehead atoms. The van der Waals surface area contributed by atoms with Crippen molar-refractivity contribution in [3.8, 4) is 6.07 Å². The van der Waals surface area contributed by atoms with Gasteiger partial charge in [0.2, 0.25) is 0 Å². The highest BCUT2D eigenvalue weighted by atomic mass is 16.5. The molecule has 30 heavy (non-hydrogen) atoms. The van der Waals surface area contributed by atoms with Crippen molar-refractivity contribution in [3.05, 3.63) is 53.3 Å². The van der Waals surface area contributed by atoms with Crippen molar-refractivity contribution in [2.75, 3.05) is 6.61 Å². The summed E-state index contributed by atoms with van der Waals surface area (Å²) in [6, 6.07) is 10.0. The third-order valence-electron chi connectivity index (χ3n) is 5.77. The molecule has 0 amide bonds. The van der Waals surface area contributed by atoms with Crippen LogP contribution in [0.2, 0.25) is 0 Å². The largest absolute Gasteiger partial charge is 0.375 e. The van der Waals surface area contributed by atoms with Gasteiger partial charge in [0.05, 0.1) is 46.6 Å². The molecule has 1 fully saturated rings. The number of hydrogen-bond acceptors (Lipinski definition) is 6. The second-order valence-electron chi connectivity index (χ2n) is 8.59. The van der Waals surface area contributed by atoms with Crippen LogP contribution < -0.4 is 0 Å². The lowest BCUT2D eigenvalue weighted by molar-refractivity contribution is -0.0688. The summed E-state index contributed by atoms with van der Waals surface area (Å²) < 4.78 is 13.6. The van der Waals surface area contributed by atoms with Crippen LogP contribution in [0.25, 0.3) is 21.9 Å². The van der Waals surface area contributed by atoms with Crippen molar-refractivity contribution in [2.24, 2.45) is 0 Å². The zero-order valence-electron chi connectivity index (χ0n) is 17.3. The molecule has 1 atom stereocenters. The Morgan fingerprint density at radius 1 is 1.27 bits per heavy atom. The summed E-state index contributed by atoms with van der Waals surface area (Å²) in [6.45, 7) is 6.85. The summed E-state index contributed by atoms with van der Waals surface area (Å²) in [5, 5.41) is 14.6. The third-order valence-corrected chi connectivity index (χ3v) is 5.77. The molecule has 0 aliphatic carbocycles. The van der Waals surface area contributed by atoms with Gasteiger partial charge >= 0.3 is 0 Å². The number of aromatic nitrogens is 4. The lowest BCUT2D eigenvalue weighted by atomic mass is 9.93. The maximum absolute atomic E-state index is 9.43. The smallest absolute Gasteiger partial charge is 0.133 e. The highest BCUT2D eigenvalue weighted by molar-refractivity contribution is 6.02. The van der Waals surface area contributed by atoms with E-state index in [1.165, 1.54) is 0 Å². The zero-order chi connectivity index (χ0) is 20.9. The second-order valence-corrected chi connectivity index (χ2v) is 8.59. The summed E-state index contributed by atoms with van der Waals surface area (Å²) in [5.41, 5.74) is 3.97.